The Morgan fingerprint density at radius 2 is 2.12 bits per heavy atom. The second kappa shape index (κ2) is 4.11. The molecule has 2 rings (SSSR count). The predicted molar refractivity (Wildman–Crippen MR) is 69.3 cm³/mol. The first-order chi connectivity index (χ1) is 7.50. The smallest absolute Gasteiger partial charge is 0.141 e. The highest BCUT2D eigenvalue weighted by atomic mass is 35.5. The molecule has 0 fully saturated rings. The molecule has 0 saturated heterocycles. The van der Waals surface area contributed by atoms with E-state index in [9.17, 15) is 0 Å². The van der Waals surface area contributed by atoms with Crippen molar-refractivity contribution in [1.82, 2.24) is 9.78 Å². The van der Waals surface area contributed by atoms with Crippen molar-refractivity contribution in [2.75, 3.05) is 5.73 Å². The Kier molecular flexibility index (Phi) is 2.95. The first-order valence-corrected chi connectivity index (χ1v) is 6.26. The van der Waals surface area contributed by atoms with E-state index >= 15 is 0 Å². The Labute approximate surface area is 104 Å². The fourth-order valence-corrected chi connectivity index (χ4v) is 2.68. The van der Waals surface area contributed by atoms with Crippen LogP contribution in [0, 0.1) is 13.8 Å². The van der Waals surface area contributed by atoms with Crippen molar-refractivity contribution in [3.8, 4) is 0 Å². The van der Waals surface area contributed by atoms with Crippen LogP contribution in [-0.2, 0) is 0 Å². The number of nitrogen functional groups attached to an aromatic ring is 1. The average Bonchev–Trinajstić information content (AvgIpc) is 2.78. The minimum absolute atomic E-state index is 0.130. The lowest BCUT2D eigenvalue weighted by atomic mass is 10.3. The maximum Gasteiger partial charge on any atom is 0.141 e. The van der Waals surface area contributed by atoms with Gasteiger partial charge in [-0.05, 0) is 32.9 Å². The summed E-state index contributed by atoms with van der Waals surface area (Å²) in [6.45, 7) is 6.03. The first kappa shape index (κ1) is 11.5. The number of thiophene rings is 1. The van der Waals surface area contributed by atoms with E-state index in [1.165, 1.54) is 9.75 Å². The number of halogens is 1. The molecule has 2 aromatic heterocycles. The van der Waals surface area contributed by atoms with Gasteiger partial charge in [0.05, 0.1) is 11.7 Å². The third-order valence-corrected chi connectivity index (χ3v) is 4.22. The quantitative estimate of drug-likeness (QED) is 0.894. The van der Waals surface area contributed by atoms with Gasteiger partial charge in [-0.1, -0.05) is 11.6 Å². The molecule has 2 N–H and O–H groups in total. The van der Waals surface area contributed by atoms with Crippen LogP contribution < -0.4 is 5.73 Å². The second-order valence-corrected chi connectivity index (χ2v) is 5.55. The van der Waals surface area contributed by atoms with Gasteiger partial charge in [0.25, 0.3) is 0 Å². The van der Waals surface area contributed by atoms with E-state index in [1.807, 2.05) is 6.92 Å². The van der Waals surface area contributed by atoms with Crippen molar-refractivity contribution < 1.29 is 0 Å². The minimum Gasteiger partial charge on any atom is -0.383 e. The topological polar surface area (TPSA) is 43.8 Å². The van der Waals surface area contributed by atoms with Crippen LogP contribution in [0.15, 0.2) is 12.1 Å². The summed E-state index contributed by atoms with van der Waals surface area (Å²) in [6.07, 6.45) is 0. The zero-order chi connectivity index (χ0) is 11.9. The molecule has 0 saturated carbocycles. The molecule has 0 aliphatic carbocycles. The first-order valence-electron chi connectivity index (χ1n) is 5.07. The molecule has 1 atom stereocenters. The minimum atomic E-state index is 0.130. The molecule has 0 amide bonds. The van der Waals surface area contributed by atoms with Gasteiger partial charge in [-0.25, -0.2) is 4.68 Å². The fourth-order valence-electron chi connectivity index (χ4n) is 1.64. The van der Waals surface area contributed by atoms with E-state index in [4.69, 9.17) is 17.3 Å². The Bertz CT molecular complexity index is 515. The lowest BCUT2D eigenvalue weighted by molar-refractivity contribution is 0.577. The van der Waals surface area contributed by atoms with Crippen LogP contribution in [0.5, 0.6) is 0 Å². The number of nitrogens with two attached hydrogens (primary N) is 1. The Morgan fingerprint density at radius 1 is 1.44 bits per heavy atom. The zero-order valence-corrected chi connectivity index (χ0v) is 11.1. The summed E-state index contributed by atoms with van der Waals surface area (Å²) in [5, 5.41) is 4.92. The van der Waals surface area contributed by atoms with E-state index in [0.29, 0.717) is 10.8 Å². The molecular formula is C11H14ClN3S. The van der Waals surface area contributed by atoms with Crippen LogP contribution >= 0.6 is 22.9 Å². The van der Waals surface area contributed by atoms with E-state index in [-0.39, 0.29) is 6.04 Å². The SMILES string of the molecule is Cc1ccc(C(C)n2nc(C)c(Cl)c2N)s1. The van der Waals surface area contributed by atoms with Crippen LogP contribution in [0.2, 0.25) is 5.02 Å². The molecule has 16 heavy (non-hydrogen) atoms. The molecule has 0 radical (unpaired) electrons. The number of aromatic nitrogens is 2. The monoisotopic (exact) mass is 255 g/mol. The molecule has 86 valence electrons. The van der Waals surface area contributed by atoms with Crippen LogP contribution in [-0.4, -0.2) is 9.78 Å². The highest BCUT2D eigenvalue weighted by molar-refractivity contribution is 7.12. The van der Waals surface area contributed by atoms with Crippen molar-refractivity contribution in [3.63, 3.8) is 0 Å². The summed E-state index contributed by atoms with van der Waals surface area (Å²) in [6, 6.07) is 4.34. The highest BCUT2D eigenvalue weighted by Crippen LogP contribution is 2.31. The van der Waals surface area contributed by atoms with E-state index < -0.39 is 0 Å². The fraction of sp³-hybridized carbons (Fsp3) is 0.364. The van der Waals surface area contributed by atoms with Gasteiger partial charge in [0, 0.05) is 9.75 Å². The number of aryl methyl sites for hydroxylation is 2. The average molecular weight is 256 g/mol. The van der Waals surface area contributed by atoms with E-state index in [0.717, 1.165) is 5.69 Å². The molecule has 0 bridgehead atoms. The summed E-state index contributed by atoms with van der Waals surface area (Å²) >= 11 is 7.79. The Hall–Kier alpha value is -1.000. The van der Waals surface area contributed by atoms with Crippen molar-refractivity contribution in [2.24, 2.45) is 0 Å². The van der Waals surface area contributed by atoms with Gasteiger partial charge in [-0.2, -0.15) is 5.10 Å². The van der Waals surface area contributed by atoms with Crippen LogP contribution in [0.4, 0.5) is 5.82 Å². The third kappa shape index (κ3) is 1.83. The van der Waals surface area contributed by atoms with Gasteiger partial charge in [-0.3, -0.25) is 0 Å². The van der Waals surface area contributed by atoms with Gasteiger partial charge < -0.3 is 5.73 Å². The van der Waals surface area contributed by atoms with Gasteiger partial charge in [0.15, 0.2) is 0 Å². The largest absolute Gasteiger partial charge is 0.383 e. The summed E-state index contributed by atoms with van der Waals surface area (Å²) in [4.78, 5) is 2.53. The number of nitrogens with zero attached hydrogens (tertiary/aromatic N) is 2. The molecule has 5 heteroatoms. The number of hydrogen-bond acceptors (Lipinski definition) is 3. The molecule has 0 aliphatic rings. The van der Waals surface area contributed by atoms with Gasteiger partial charge in [0.2, 0.25) is 0 Å². The van der Waals surface area contributed by atoms with Gasteiger partial charge in [-0.15, -0.1) is 11.3 Å². The van der Waals surface area contributed by atoms with E-state index in [2.05, 4.69) is 31.1 Å². The molecule has 2 aromatic rings. The molecule has 0 aromatic carbocycles. The van der Waals surface area contributed by atoms with Gasteiger partial charge >= 0.3 is 0 Å². The maximum atomic E-state index is 6.03. The lowest BCUT2D eigenvalue weighted by Gasteiger charge is -2.11. The second-order valence-electron chi connectivity index (χ2n) is 3.85. The molecule has 3 nitrogen and oxygen atoms in total. The summed E-state index contributed by atoms with van der Waals surface area (Å²) in [5.41, 5.74) is 6.70. The molecule has 1 unspecified atom stereocenters. The standard InChI is InChI=1S/C11H14ClN3S/c1-6-4-5-9(16-6)8(3)15-11(13)10(12)7(2)14-15/h4-5,8H,13H2,1-3H3. The molecular weight excluding hydrogens is 242 g/mol. The van der Waals surface area contributed by atoms with Crippen molar-refractivity contribution in [1.29, 1.82) is 0 Å². The number of hydrogen-bond donors (Lipinski definition) is 1. The number of anilines is 1. The van der Waals surface area contributed by atoms with Crippen LogP contribution in [0.1, 0.15) is 28.4 Å². The Balaban J connectivity index is 2.41. The summed E-state index contributed by atoms with van der Waals surface area (Å²) in [7, 11) is 0. The van der Waals surface area contributed by atoms with Crippen LogP contribution in [0.3, 0.4) is 0 Å². The molecule has 0 aliphatic heterocycles. The summed E-state index contributed by atoms with van der Waals surface area (Å²) < 4.78 is 1.78. The number of rotatable bonds is 2. The zero-order valence-electron chi connectivity index (χ0n) is 9.49. The predicted octanol–water partition coefficient (Wildman–Crippen LogP) is 3.41. The Morgan fingerprint density at radius 3 is 2.56 bits per heavy atom. The highest BCUT2D eigenvalue weighted by Gasteiger charge is 2.17. The molecule has 2 heterocycles. The lowest BCUT2D eigenvalue weighted by Crippen LogP contribution is -2.10. The van der Waals surface area contributed by atoms with E-state index in [1.54, 1.807) is 16.0 Å². The van der Waals surface area contributed by atoms with Crippen molar-refractivity contribution in [3.05, 3.63) is 32.6 Å². The normalized spacial score (nSPS) is 13.0. The third-order valence-electron chi connectivity index (χ3n) is 2.59. The summed E-state index contributed by atoms with van der Waals surface area (Å²) in [5.74, 6) is 0.540. The van der Waals surface area contributed by atoms with Gasteiger partial charge in [0.1, 0.15) is 10.8 Å². The van der Waals surface area contributed by atoms with Crippen molar-refractivity contribution >= 4 is 28.8 Å². The molecule has 0 spiro atoms. The maximum absolute atomic E-state index is 6.03. The van der Waals surface area contributed by atoms with Crippen LogP contribution in [0.25, 0.3) is 0 Å². The van der Waals surface area contributed by atoms with Crippen molar-refractivity contribution in [2.45, 2.75) is 26.8 Å².